The molecule has 0 aromatic heterocycles. The lowest BCUT2D eigenvalue weighted by Gasteiger charge is -2.41. The zero-order chi connectivity index (χ0) is 15.6. The second kappa shape index (κ2) is 6.39. The van der Waals surface area contributed by atoms with Gasteiger partial charge in [0.2, 0.25) is 0 Å². The molecule has 1 aliphatic carbocycles. The number of halogens is 3. The van der Waals surface area contributed by atoms with Gasteiger partial charge in [-0.05, 0) is 61.2 Å². The van der Waals surface area contributed by atoms with Crippen molar-refractivity contribution in [1.82, 2.24) is 5.32 Å². The first kappa shape index (κ1) is 16.3. The Kier molecular flexibility index (Phi) is 4.97. The molecule has 2 atom stereocenters. The van der Waals surface area contributed by atoms with Crippen molar-refractivity contribution in [1.29, 1.82) is 0 Å². The second-order valence-corrected chi connectivity index (χ2v) is 6.85. The Morgan fingerprint density at radius 3 is 2.57 bits per heavy atom. The van der Waals surface area contributed by atoms with E-state index < -0.39 is 17.5 Å². The van der Waals surface area contributed by atoms with Crippen LogP contribution in [0.4, 0.5) is 13.2 Å². The summed E-state index contributed by atoms with van der Waals surface area (Å²) in [5, 5.41) is 3.30. The van der Waals surface area contributed by atoms with Crippen LogP contribution in [-0.2, 0) is 0 Å². The standard InChI is InChI=1S/C17H24F3N/c1-4-21-10-11-7-8-17(2,3)9-13(11)12-5-6-14(18)16(20)15(12)19/h5-6,11,13,21H,4,7-10H2,1-3H3. The van der Waals surface area contributed by atoms with Crippen LogP contribution in [0.2, 0.25) is 0 Å². The van der Waals surface area contributed by atoms with Gasteiger partial charge < -0.3 is 5.32 Å². The molecular weight excluding hydrogens is 275 g/mol. The van der Waals surface area contributed by atoms with Crippen LogP contribution in [0.1, 0.15) is 51.5 Å². The van der Waals surface area contributed by atoms with Crippen LogP contribution >= 0.6 is 0 Å². The maximum absolute atomic E-state index is 14.2. The summed E-state index contributed by atoms with van der Waals surface area (Å²) in [7, 11) is 0. The molecule has 1 aromatic rings. The quantitative estimate of drug-likeness (QED) is 0.800. The Hall–Kier alpha value is -1.03. The van der Waals surface area contributed by atoms with Crippen LogP contribution in [0.3, 0.4) is 0 Å². The first-order valence-electron chi connectivity index (χ1n) is 7.70. The summed E-state index contributed by atoms with van der Waals surface area (Å²) in [5.74, 6) is -3.29. The molecule has 2 rings (SSSR count). The predicted molar refractivity (Wildman–Crippen MR) is 78.7 cm³/mol. The lowest BCUT2D eigenvalue weighted by molar-refractivity contribution is 0.157. The molecule has 2 unspecified atom stereocenters. The predicted octanol–water partition coefficient (Wildman–Crippen LogP) is 4.62. The third kappa shape index (κ3) is 3.60. The Bertz CT molecular complexity index is 499. The van der Waals surface area contributed by atoms with E-state index in [1.54, 1.807) is 0 Å². The maximum atomic E-state index is 14.2. The number of hydrogen-bond donors (Lipinski definition) is 1. The Morgan fingerprint density at radius 2 is 1.90 bits per heavy atom. The Morgan fingerprint density at radius 1 is 1.19 bits per heavy atom. The molecule has 1 nitrogen and oxygen atoms in total. The van der Waals surface area contributed by atoms with E-state index in [1.165, 1.54) is 6.07 Å². The minimum Gasteiger partial charge on any atom is -0.317 e. The van der Waals surface area contributed by atoms with Gasteiger partial charge in [0.25, 0.3) is 0 Å². The van der Waals surface area contributed by atoms with Crippen molar-refractivity contribution >= 4 is 0 Å². The maximum Gasteiger partial charge on any atom is 0.194 e. The van der Waals surface area contributed by atoms with Crippen LogP contribution < -0.4 is 5.32 Å². The number of rotatable bonds is 4. The molecule has 1 fully saturated rings. The van der Waals surface area contributed by atoms with E-state index in [0.29, 0.717) is 5.56 Å². The number of benzene rings is 1. The summed E-state index contributed by atoms with van der Waals surface area (Å²) in [5.41, 5.74) is 0.426. The summed E-state index contributed by atoms with van der Waals surface area (Å²) in [6.45, 7) is 7.98. The van der Waals surface area contributed by atoms with Crippen LogP contribution in [0.15, 0.2) is 12.1 Å². The molecule has 0 bridgehead atoms. The van der Waals surface area contributed by atoms with Crippen LogP contribution in [0.25, 0.3) is 0 Å². The highest BCUT2D eigenvalue weighted by atomic mass is 19.2. The number of hydrogen-bond acceptors (Lipinski definition) is 1. The largest absolute Gasteiger partial charge is 0.317 e. The highest BCUT2D eigenvalue weighted by Gasteiger charge is 2.37. The average Bonchev–Trinajstić information content (AvgIpc) is 2.43. The van der Waals surface area contributed by atoms with Gasteiger partial charge in [0.1, 0.15) is 0 Å². The average molecular weight is 299 g/mol. The molecule has 1 saturated carbocycles. The highest BCUT2D eigenvalue weighted by molar-refractivity contribution is 5.26. The third-order valence-electron chi connectivity index (χ3n) is 4.65. The van der Waals surface area contributed by atoms with Gasteiger partial charge in [0.15, 0.2) is 17.5 Å². The molecule has 21 heavy (non-hydrogen) atoms. The highest BCUT2D eigenvalue weighted by Crippen LogP contribution is 2.47. The minimum atomic E-state index is -1.35. The fourth-order valence-electron chi connectivity index (χ4n) is 3.41. The summed E-state index contributed by atoms with van der Waals surface area (Å²) in [4.78, 5) is 0. The van der Waals surface area contributed by atoms with Crippen molar-refractivity contribution in [2.24, 2.45) is 11.3 Å². The molecule has 0 spiro atoms. The third-order valence-corrected chi connectivity index (χ3v) is 4.65. The van der Waals surface area contributed by atoms with Gasteiger partial charge in [-0.2, -0.15) is 0 Å². The molecule has 4 heteroatoms. The Labute approximate surface area is 124 Å². The second-order valence-electron chi connectivity index (χ2n) is 6.85. The van der Waals surface area contributed by atoms with E-state index in [0.717, 1.165) is 38.4 Å². The molecule has 0 aliphatic heterocycles. The van der Waals surface area contributed by atoms with Gasteiger partial charge in [-0.25, -0.2) is 13.2 Å². The zero-order valence-electron chi connectivity index (χ0n) is 13.0. The van der Waals surface area contributed by atoms with Crippen molar-refractivity contribution in [3.8, 4) is 0 Å². The van der Waals surface area contributed by atoms with Gasteiger partial charge in [0, 0.05) is 0 Å². The normalized spacial score (nSPS) is 25.0. The topological polar surface area (TPSA) is 12.0 Å². The molecule has 0 amide bonds. The van der Waals surface area contributed by atoms with Crippen molar-refractivity contribution < 1.29 is 13.2 Å². The Balaban J connectivity index is 2.33. The van der Waals surface area contributed by atoms with Crippen LogP contribution in [-0.4, -0.2) is 13.1 Å². The summed E-state index contributed by atoms with van der Waals surface area (Å²) >= 11 is 0. The van der Waals surface area contributed by atoms with Gasteiger partial charge in [0.05, 0.1) is 0 Å². The van der Waals surface area contributed by atoms with Crippen molar-refractivity contribution in [3.63, 3.8) is 0 Å². The fraction of sp³-hybridized carbons (Fsp3) is 0.647. The van der Waals surface area contributed by atoms with Crippen molar-refractivity contribution in [2.45, 2.75) is 46.0 Å². The van der Waals surface area contributed by atoms with Gasteiger partial charge in [-0.15, -0.1) is 0 Å². The molecule has 0 radical (unpaired) electrons. The number of nitrogens with one attached hydrogen (secondary N) is 1. The molecular formula is C17H24F3N. The van der Waals surface area contributed by atoms with Crippen molar-refractivity contribution in [3.05, 3.63) is 35.1 Å². The molecule has 1 N–H and O–H groups in total. The first-order chi connectivity index (χ1) is 9.85. The monoisotopic (exact) mass is 299 g/mol. The molecule has 0 saturated heterocycles. The summed E-state index contributed by atoms with van der Waals surface area (Å²) < 4.78 is 40.9. The fourth-order valence-corrected chi connectivity index (χ4v) is 3.41. The van der Waals surface area contributed by atoms with E-state index in [9.17, 15) is 13.2 Å². The van der Waals surface area contributed by atoms with E-state index >= 15 is 0 Å². The van der Waals surface area contributed by atoms with Gasteiger partial charge in [-0.1, -0.05) is 26.8 Å². The molecule has 1 aliphatic rings. The van der Waals surface area contributed by atoms with Crippen LogP contribution in [0.5, 0.6) is 0 Å². The van der Waals surface area contributed by atoms with E-state index in [2.05, 4.69) is 19.2 Å². The van der Waals surface area contributed by atoms with E-state index in [-0.39, 0.29) is 17.3 Å². The van der Waals surface area contributed by atoms with Crippen LogP contribution in [0, 0.1) is 28.8 Å². The molecule has 0 heterocycles. The minimum absolute atomic E-state index is 0.0668. The lowest BCUT2D eigenvalue weighted by atomic mass is 9.65. The zero-order valence-corrected chi connectivity index (χ0v) is 13.0. The van der Waals surface area contributed by atoms with Gasteiger partial charge in [-0.3, -0.25) is 0 Å². The summed E-state index contributed by atoms with van der Waals surface area (Å²) in [6, 6.07) is 2.46. The van der Waals surface area contributed by atoms with Crippen molar-refractivity contribution in [2.75, 3.05) is 13.1 Å². The molecule has 1 aromatic carbocycles. The first-order valence-corrected chi connectivity index (χ1v) is 7.70. The molecule has 118 valence electrons. The van der Waals surface area contributed by atoms with E-state index in [4.69, 9.17) is 0 Å². The summed E-state index contributed by atoms with van der Waals surface area (Å²) in [6.07, 6.45) is 2.85. The van der Waals surface area contributed by atoms with E-state index in [1.807, 2.05) is 6.92 Å². The SMILES string of the molecule is CCNCC1CCC(C)(C)CC1c1ccc(F)c(F)c1F. The van der Waals surface area contributed by atoms with Gasteiger partial charge >= 0.3 is 0 Å². The smallest absolute Gasteiger partial charge is 0.194 e. The lowest BCUT2D eigenvalue weighted by Crippen LogP contribution is -2.35.